The highest BCUT2D eigenvalue weighted by Crippen LogP contribution is 2.31. The Labute approximate surface area is 104 Å². The second-order valence-electron chi connectivity index (χ2n) is 3.71. The first-order valence-corrected chi connectivity index (χ1v) is 5.70. The van der Waals surface area contributed by atoms with Crippen LogP contribution in [0.1, 0.15) is 12.6 Å². The van der Waals surface area contributed by atoms with Crippen LogP contribution in [-0.2, 0) is 6.42 Å². The number of halogens is 2. The molecular weight excluding hydrogens is 239 g/mol. The molecule has 0 spiro atoms. The van der Waals surface area contributed by atoms with Crippen LogP contribution < -0.4 is 5.73 Å². The Balaban J connectivity index is 2.60. The van der Waals surface area contributed by atoms with Crippen molar-refractivity contribution in [3.8, 4) is 11.1 Å². The molecule has 88 valence electrons. The van der Waals surface area contributed by atoms with Crippen LogP contribution in [-0.4, -0.2) is 4.98 Å². The Hall–Kier alpha value is -1.61. The Morgan fingerprint density at radius 2 is 1.94 bits per heavy atom. The van der Waals surface area contributed by atoms with Crippen LogP contribution in [0, 0.1) is 5.82 Å². The van der Waals surface area contributed by atoms with Crippen LogP contribution in [0.3, 0.4) is 0 Å². The molecule has 0 fully saturated rings. The van der Waals surface area contributed by atoms with E-state index in [1.165, 1.54) is 12.1 Å². The third-order valence-corrected chi connectivity index (χ3v) is 2.86. The van der Waals surface area contributed by atoms with E-state index in [0.717, 1.165) is 23.2 Å². The van der Waals surface area contributed by atoms with Gasteiger partial charge in [0, 0.05) is 11.1 Å². The number of nitrogens with two attached hydrogens (primary N) is 1. The topological polar surface area (TPSA) is 38.9 Å². The van der Waals surface area contributed by atoms with Gasteiger partial charge < -0.3 is 5.73 Å². The summed E-state index contributed by atoms with van der Waals surface area (Å²) in [5, 5.41) is 0.381. The molecule has 0 aliphatic carbocycles. The first-order chi connectivity index (χ1) is 8.11. The van der Waals surface area contributed by atoms with Gasteiger partial charge in [0.1, 0.15) is 11.6 Å². The lowest BCUT2D eigenvalue weighted by atomic mass is 10.0. The normalized spacial score (nSPS) is 10.5. The molecule has 2 N–H and O–H groups in total. The number of nitrogen functional groups attached to an aromatic ring is 1. The molecule has 0 aliphatic rings. The van der Waals surface area contributed by atoms with Crippen LogP contribution in [0.2, 0.25) is 5.02 Å². The summed E-state index contributed by atoms with van der Waals surface area (Å²) in [6.07, 6.45) is 0.744. The van der Waals surface area contributed by atoms with Gasteiger partial charge in [0.2, 0.25) is 0 Å². The number of aryl methyl sites for hydroxylation is 1. The Bertz CT molecular complexity index is 555. The second kappa shape index (κ2) is 4.72. The first kappa shape index (κ1) is 11.9. The summed E-state index contributed by atoms with van der Waals surface area (Å²) >= 11 is 6.03. The molecule has 0 bridgehead atoms. The summed E-state index contributed by atoms with van der Waals surface area (Å²) in [5.41, 5.74) is 8.17. The van der Waals surface area contributed by atoms with E-state index in [1.54, 1.807) is 12.1 Å². The van der Waals surface area contributed by atoms with Gasteiger partial charge in [-0.1, -0.05) is 18.5 Å². The molecule has 0 unspecified atom stereocenters. The van der Waals surface area contributed by atoms with Crippen molar-refractivity contribution in [2.45, 2.75) is 13.3 Å². The van der Waals surface area contributed by atoms with Crippen LogP contribution >= 0.6 is 11.6 Å². The largest absolute Gasteiger partial charge is 0.384 e. The highest BCUT2D eigenvalue weighted by atomic mass is 35.5. The molecular formula is C13H12ClFN2. The van der Waals surface area contributed by atoms with Crippen molar-refractivity contribution < 1.29 is 4.39 Å². The number of hydrogen-bond acceptors (Lipinski definition) is 2. The third-order valence-electron chi connectivity index (χ3n) is 2.55. The van der Waals surface area contributed by atoms with Gasteiger partial charge >= 0.3 is 0 Å². The zero-order chi connectivity index (χ0) is 12.4. The van der Waals surface area contributed by atoms with Gasteiger partial charge in [-0.05, 0) is 36.8 Å². The van der Waals surface area contributed by atoms with Crippen LogP contribution in [0.5, 0.6) is 0 Å². The Kier molecular flexibility index (Phi) is 3.29. The maximum absolute atomic E-state index is 13.0. The van der Waals surface area contributed by atoms with Crippen molar-refractivity contribution >= 4 is 17.4 Å². The lowest BCUT2D eigenvalue weighted by Crippen LogP contribution is -1.97. The molecule has 0 amide bonds. The standard InChI is InChI=1S/C13H12ClFN2/c1-2-12-10(5-6-13(16)17-12)9-4-3-8(15)7-11(9)14/h3-7H,2H2,1H3,(H2,16,17). The fourth-order valence-corrected chi connectivity index (χ4v) is 2.01. The summed E-state index contributed by atoms with van der Waals surface area (Å²) in [6, 6.07) is 7.92. The number of pyridine rings is 1. The quantitative estimate of drug-likeness (QED) is 0.883. The molecule has 1 aromatic heterocycles. The number of anilines is 1. The molecule has 2 aromatic rings. The fourth-order valence-electron chi connectivity index (χ4n) is 1.74. The predicted molar refractivity (Wildman–Crippen MR) is 68.4 cm³/mol. The van der Waals surface area contributed by atoms with Crippen molar-refractivity contribution in [3.05, 3.63) is 46.9 Å². The second-order valence-corrected chi connectivity index (χ2v) is 4.12. The summed E-state index contributed by atoms with van der Waals surface area (Å²) in [6.45, 7) is 1.99. The van der Waals surface area contributed by atoms with Crippen LogP contribution in [0.4, 0.5) is 10.2 Å². The monoisotopic (exact) mass is 250 g/mol. The van der Waals surface area contributed by atoms with Crippen LogP contribution in [0.15, 0.2) is 30.3 Å². The van der Waals surface area contributed by atoms with E-state index in [4.69, 9.17) is 17.3 Å². The minimum Gasteiger partial charge on any atom is -0.384 e. The van der Waals surface area contributed by atoms with Gasteiger partial charge in [0.25, 0.3) is 0 Å². The van der Waals surface area contributed by atoms with E-state index in [9.17, 15) is 4.39 Å². The molecule has 0 atom stereocenters. The van der Waals surface area contributed by atoms with E-state index in [1.807, 2.05) is 13.0 Å². The summed E-state index contributed by atoms with van der Waals surface area (Å²) in [7, 11) is 0. The fraction of sp³-hybridized carbons (Fsp3) is 0.154. The van der Waals surface area contributed by atoms with E-state index in [0.29, 0.717) is 10.8 Å². The summed E-state index contributed by atoms with van der Waals surface area (Å²) in [4.78, 5) is 4.26. The zero-order valence-corrected chi connectivity index (χ0v) is 10.1. The lowest BCUT2D eigenvalue weighted by molar-refractivity contribution is 0.628. The molecule has 0 saturated carbocycles. The molecule has 0 radical (unpaired) electrons. The Morgan fingerprint density at radius 3 is 2.59 bits per heavy atom. The molecule has 4 heteroatoms. The van der Waals surface area contributed by atoms with Crippen molar-refractivity contribution in [2.24, 2.45) is 0 Å². The van der Waals surface area contributed by atoms with Crippen molar-refractivity contribution in [2.75, 3.05) is 5.73 Å². The van der Waals surface area contributed by atoms with Gasteiger partial charge in [-0.2, -0.15) is 0 Å². The predicted octanol–water partition coefficient (Wildman–Crippen LogP) is 3.69. The maximum Gasteiger partial charge on any atom is 0.124 e. The average Bonchev–Trinajstić information content (AvgIpc) is 2.30. The molecule has 1 aromatic carbocycles. The van der Waals surface area contributed by atoms with Gasteiger partial charge in [-0.3, -0.25) is 0 Å². The van der Waals surface area contributed by atoms with E-state index in [2.05, 4.69) is 4.98 Å². The molecule has 2 nitrogen and oxygen atoms in total. The van der Waals surface area contributed by atoms with Gasteiger partial charge in [0.15, 0.2) is 0 Å². The van der Waals surface area contributed by atoms with E-state index >= 15 is 0 Å². The molecule has 1 heterocycles. The Morgan fingerprint density at radius 1 is 1.24 bits per heavy atom. The van der Waals surface area contributed by atoms with Crippen LogP contribution in [0.25, 0.3) is 11.1 Å². The summed E-state index contributed by atoms with van der Waals surface area (Å²) < 4.78 is 13.0. The number of aromatic nitrogens is 1. The lowest BCUT2D eigenvalue weighted by Gasteiger charge is -2.09. The summed E-state index contributed by atoms with van der Waals surface area (Å²) in [5.74, 6) is 0.129. The minimum atomic E-state index is -0.347. The van der Waals surface area contributed by atoms with Gasteiger partial charge in [0.05, 0.1) is 10.7 Å². The van der Waals surface area contributed by atoms with Gasteiger partial charge in [-0.25, -0.2) is 9.37 Å². The van der Waals surface area contributed by atoms with E-state index in [-0.39, 0.29) is 5.82 Å². The van der Waals surface area contributed by atoms with Crippen molar-refractivity contribution in [3.63, 3.8) is 0 Å². The average molecular weight is 251 g/mol. The zero-order valence-electron chi connectivity index (χ0n) is 9.37. The van der Waals surface area contributed by atoms with Gasteiger partial charge in [-0.15, -0.1) is 0 Å². The number of hydrogen-bond donors (Lipinski definition) is 1. The highest BCUT2D eigenvalue weighted by molar-refractivity contribution is 6.33. The number of rotatable bonds is 2. The molecule has 0 aliphatic heterocycles. The molecule has 2 rings (SSSR count). The number of benzene rings is 1. The smallest absolute Gasteiger partial charge is 0.124 e. The SMILES string of the molecule is CCc1nc(N)ccc1-c1ccc(F)cc1Cl. The minimum absolute atomic E-state index is 0.347. The third kappa shape index (κ3) is 2.39. The van der Waals surface area contributed by atoms with Crippen molar-refractivity contribution in [1.82, 2.24) is 4.98 Å². The molecule has 17 heavy (non-hydrogen) atoms. The van der Waals surface area contributed by atoms with E-state index < -0.39 is 0 Å². The first-order valence-electron chi connectivity index (χ1n) is 5.32. The van der Waals surface area contributed by atoms with Crippen molar-refractivity contribution in [1.29, 1.82) is 0 Å². The molecule has 0 saturated heterocycles. The maximum atomic E-state index is 13.0. The highest BCUT2D eigenvalue weighted by Gasteiger charge is 2.10. The number of nitrogens with zero attached hydrogens (tertiary/aromatic N) is 1.